The largest absolute Gasteiger partial charge is 0.481 e. The van der Waals surface area contributed by atoms with Crippen molar-refractivity contribution in [1.29, 1.82) is 0 Å². The van der Waals surface area contributed by atoms with Crippen molar-refractivity contribution in [2.75, 3.05) is 19.3 Å². The van der Waals surface area contributed by atoms with Crippen LogP contribution >= 0.6 is 0 Å². The van der Waals surface area contributed by atoms with E-state index in [0.717, 1.165) is 6.26 Å². The fourth-order valence-corrected chi connectivity index (χ4v) is 3.71. The molecule has 0 bridgehead atoms. The lowest BCUT2D eigenvalue weighted by molar-refractivity contribution is -0.142. The molecular weight excluding hydrogens is 296 g/mol. The zero-order chi connectivity index (χ0) is 16.2. The third-order valence-electron chi connectivity index (χ3n) is 3.56. The Balaban J connectivity index is 2.62. The van der Waals surface area contributed by atoms with Crippen molar-refractivity contribution in [3.05, 3.63) is 0 Å². The first-order valence-electron chi connectivity index (χ1n) is 7.10. The number of carbonyl (C=O) groups excluding carboxylic acids is 1. The summed E-state index contributed by atoms with van der Waals surface area (Å²) in [5.41, 5.74) is 0. The molecule has 0 aliphatic carbocycles. The highest BCUT2D eigenvalue weighted by atomic mass is 32.2. The second-order valence-electron chi connectivity index (χ2n) is 5.94. The van der Waals surface area contributed by atoms with E-state index in [9.17, 15) is 18.0 Å². The molecule has 122 valence electrons. The lowest BCUT2D eigenvalue weighted by Crippen LogP contribution is -2.47. The van der Waals surface area contributed by atoms with Gasteiger partial charge in [0.05, 0.1) is 12.2 Å². The third-order valence-corrected chi connectivity index (χ3v) is 4.85. The van der Waals surface area contributed by atoms with E-state index in [2.05, 4.69) is 5.32 Å². The molecule has 1 amide bonds. The van der Waals surface area contributed by atoms with Crippen molar-refractivity contribution in [3.8, 4) is 0 Å². The van der Waals surface area contributed by atoms with Gasteiger partial charge < -0.3 is 10.4 Å². The minimum Gasteiger partial charge on any atom is -0.481 e. The molecule has 8 heteroatoms. The maximum atomic E-state index is 12.1. The van der Waals surface area contributed by atoms with Crippen LogP contribution in [0.5, 0.6) is 0 Å². The molecule has 0 spiro atoms. The van der Waals surface area contributed by atoms with Crippen molar-refractivity contribution in [2.45, 2.75) is 39.2 Å². The molecule has 0 aromatic rings. The van der Waals surface area contributed by atoms with Gasteiger partial charge in [0.15, 0.2) is 0 Å². The lowest BCUT2D eigenvalue weighted by Gasteiger charge is -2.22. The number of nitrogens with zero attached hydrogens (tertiary/aromatic N) is 1. The summed E-state index contributed by atoms with van der Waals surface area (Å²) in [5.74, 6) is -1.80. The van der Waals surface area contributed by atoms with E-state index in [1.54, 1.807) is 0 Å². The first-order chi connectivity index (χ1) is 9.62. The topological polar surface area (TPSA) is 104 Å². The predicted molar refractivity (Wildman–Crippen MR) is 78.2 cm³/mol. The molecule has 1 heterocycles. The SMILES string of the molecule is CC(C)C[C@@H](CNC(=O)[C@H]1CCCN1S(C)(=O)=O)C(=O)O. The normalized spacial score (nSPS) is 21.4. The summed E-state index contributed by atoms with van der Waals surface area (Å²) in [6.45, 7) is 4.20. The van der Waals surface area contributed by atoms with E-state index in [1.165, 1.54) is 4.31 Å². The summed E-state index contributed by atoms with van der Waals surface area (Å²) in [7, 11) is -3.41. The molecule has 2 atom stereocenters. The number of carboxylic acids is 1. The highest BCUT2D eigenvalue weighted by Gasteiger charge is 2.36. The van der Waals surface area contributed by atoms with Gasteiger partial charge in [0.2, 0.25) is 15.9 Å². The Morgan fingerprint density at radius 3 is 2.48 bits per heavy atom. The van der Waals surface area contributed by atoms with Crippen molar-refractivity contribution in [3.63, 3.8) is 0 Å². The number of carbonyl (C=O) groups is 2. The Hall–Kier alpha value is -1.15. The Labute approximate surface area is 125 Å². The lowest BCUT2D eigenvalue weighted by atomic mass is 9.97. The van der Waals surface area contributed by atoms with Crippen molar-refractivity contribution >= 4 is 21.9 Å². The van der Waals surface area contributed by atoms with Crippen LogP contribution in [0, 0.1) is 11.8 Å². The van der Waals surface area contributed by atoms with Crippen LogP contribution in [0.15, 0.2) is 0 Å². The fraction of sp³-hybridized carbons (Fsp3) is 0.846. The second-order valence-corrected chi connectivity index (χ2v) is 7.88. The van der Waals surface area contributed by atoms with E-state index < -0.39 is 33.9 Å². The molecule has 1 aliphatic rings. The summed E-state index contributed by atoms with van der Waals surface area (Å²) in [6, 6.07) is -0.714. The maximum absolute atomic E-state index is 12.1. The Bertz CT molecular complexity index is 489. The Morgan fingerprint density at radius 1 is 1.38 bits per heavy atom. The number of carboxylic acid groups (broad SMARTS) is 1. The Morgan fingerprint density at radius 2 is 2.00 bits per heavy atom. The molecule has 21 heavy (non-hydrogen) atoms. The van der Waals surface area contributed by atoms with Gasteiger partial charge in [0.25, 0.3) is 0 Å². The van der Waals surface area contributed by atoms with Gasteiger partial charge in [-0.25, -0.2) is 8.42 Å². The van der Waals surface area contributed by atoms with E-state index in [0.29, 0.717) is 25.8 Å². The molecule has 1 rings (SSSR count). The maximum Gasteiger partial charge on any atom is 0.308 e. The first kappa shape index (κ1) is 17.9. The highest BCUT2D eigenvalue weighted by molar-refractivity contribution is 7.88. The van der Waals surface area contributed by atoms with Crippen LogP contribution in [0.1, 0.15) is 33.1 Å². The number of hydrogen-bond acceptors (Lipinski definition) is 4. The Kier molecular flexibility index (Phi) is 6.15. The summed E-state index contributed by atoms with van der Waals surface area (Å²) in [4.78, 5) is 23.2. The average Bonchev–Trinajstić information content (AvgIpc) is 2.82. The molecule has 7 nitrogen and oxygen atoms in total. The summed E-state index contributed by atoms with van der Waals surface area (Å²) < 4.78 is 24.4. The standard InChI is InChI=1S/C13H24N2O5S/c1-9(2)7-10(13(17)18)8-14-12(16)11-5-4-6-15(11)21(3,19)20/h9-11H,4-8H2,1-3H3,(H,14,16)(H,17,18)/t10-,11+/m0/s1. The average molecular weight is 320 g/mol. The molecule has 1 aliphatic heterocycles. The van der Waals surface area contributed by atoms with Gasteiger partial charge in [-0.1, -0.05) is 13.8 Å². The molecule has 0 saturated carbocycles. The van der Waals surface area contributed by atoms with Crippen molar-refractivity contribution < 1.29 is 23.1 Å². The minimum atomic E-state index is -3.41. The zero-order valence-electron chi connectivity index (χ0n) is 12.7. The van der Waals surface area contributed by atoms with Crippen LogP contribution < -0.4 is 5.32 Å². The van der Waals surface area contributed by atoms with Crippen molar-refractivity contribution in [2.24, 2.45) is 11.8 Å². The zero-order valence-corrected chi connectivity index (χ0v) is 13.5. The molecule has 1 fully saturated rings. The van der Waals surface area contributed by atoms with E-state index in [4.69, 9.17) is 5.11 Å². The fourth-order valence-electron chi connectivity index (χ4n) is 2.58. The van der Waals surface area contributed by atoms with Gasteiger partial charge in [-0.2, -0.15) is 4.31 Å². The van der Waals surface area contributed by atoms with Crippen LogP contribution in [0.2, 0.25) is 0 Å². The smallest absolute Gasteiger partial charge is 0.308 e. The number of rotatable bonds is 7. The molecule has 2 N–H and O–H groups in total. The summed E-state index contributed by atoms with van der Waals surface area (Å²) in [5, 5.41) is 11.7. The van der Waals surface area contributed by atoms with Crippen LogP contribution in [-0.4, -0.2) is 55.1 Å². The molecule has 1 saturated heterocycles. The van der Waals surface area contributed by atoms with Gasteiger partial charge in [0.1, 0.15) is 6.04 Å². The molecule has 0 aromatic heterocycles. The van der Waals surface area contributed by atoms with Crippen LogP contribution in [-0.2, 0) is 19.6 Å². The van der Waals surface area contributed by atoms with E-state index in [1.807, 2.05) is 13.8 Å². The predicted octanol–water partition coefficient (Wildman–Crippen LogP) is 0.274. The van der Waals surface area contributed by atoms with Crippen LogP contribution in [0.25, 0.3) is 0 Å². The van der Waals surface area contributed by atoms with Crippen LogP contribution in [0.4, 0.5) is 0 Å². The summed E-state index contributed by atoms with van der Waals surface area (Å²) >= 11 is 0. The number of sulfonamides is 1. The molecular formula is C13H24N2O5S. The monoisotopic (exact) mass is 320 g/mol. The van der Waals surface area contributed by atoms with E-state index >= 15 is 0 Å². The quantitative estimate of drug-likeness (QED) is 0.701. The van der Waals surface area contributed by atoms with Gasteiger partial charge in [-0.15, -0.1) is 0 Å². The first-order valence-corrected chi connectivity index (χ1v) is 8.95. The van der Waals surface area contributed by atoms with Crippen molar-refractivity contribution in [1.82, 2.24) is 9.62 Å². The third kappa shape index (κ3) is 5.28. The summed E-state index contributed by atoms with van der Waals surface area (Å²) in [6.07, 6.45) is 2.66. The number of aliphatic carboxylic acids is 1. The molecule has 0 unspecified atom stereocenters. The van der Waals surface area contributed by atoms with Gasteiger partial charge >= 0.3 is 5.97 Å². The van der Waals surface area contributed by atoms with Crippen LogP contribution in [0.3, 0.4) is 0 Å². The molecule has 0 aromatic carbocycles. The molecule has 0 radical (unpaired) electrons. The van der Waals surface area contributed by atoms with Gasteiger partial charge in [-0.05, 0) is 25.2 Å². The van der Waals surface area contributed by atoms with Gasteiger partial charge in [-0.3, -0.25) is 9.59 Å². The minimum absolute atomic E-state index is 0.0282. The second kappa shape index (κ2) is 7.22. The number of hydrogen-bond donors (Lipinski definition) is 2. The number of nitrogens with one attached hydrogen (secondary N) is 1. The van der Waals surface area contributed by atoms with E-state index in [-0.39, 0.29) is 12.5 Å². The van der Waals surface area contributed by atoms with Gasteiger partial charge in [0, 0.05) is 13.1 Å². The highest BCUT2D eigenvalue weighted by Crippen LogP contribution is 2.20. The number of amides is 1.